The molecule has 2 aromatic heterocycles. The van der Waals surface area contributed by atoms with E-state index in [1.807, 2.05) is 12.1 Å². The highest BCUT2D eigenvalue weighted by Gasteiger charge is 2.30. The van der Waals surface area contributed by atoms with Crippen LogP contribution in [-0.4, -0.2) is 35.0 Å². The van der Waals surface area contributed by atoms with E-state index < -0.39 is 0 Å². The van der Waals surface area contributed by atoms with Crippen molar-refractivity contribution in [2.45, 2.75) is 44.6 Å². The highest BCUT2D eigenvalue weighted by molar-refractivity contribution is 6.29. The first kappa shape index (κ1) is 22.9. The molecule has 178 valence electrons. The number of pyridine rings is 2. The second kappa shape index (κ2) is 9.79. The van der Waals surface area contributed by atoms with Gasteiger partial charge in [0.15, 0.2) is 0 Å². The predicted octanol–water partition coefficient (Wildman–Crippen LogP) is 5.41. The Hall–Kier alpha value is -2.86. The van der Waals surface area contributed by atoms with Gasteiger partial charge < -0.3 is 14.3 Å². The third-order valence-corrected chi connectivity index (χ3v) is 7.50. The first-order valence-electron chi connectivity index (χ1n) is 12.2. The molecular formula is C27H31ClN4O2. The summed E-state index contributed by atoms with van der Waals surface area (Å²) in [5, 5.41) is 5.06. The molecule has 0 aliphatic heterocycles. The summed E-state index contributed by atoms with van der Waals surface area (Å²) in [6, 6.07) is 16.0. The largest absolute Gasteiger partial charge is 0.395 e. The number of oxime groups is 1. The molecule has 5 rings (SSSR count). The fraction of sp³-hybridized carbons (Fsp3) is 0.444. The van der Waals surface area contributed by atoms with Crippen LogP contribution in [0.5, 0.6) is 0 Å². The van der Waals surface area contributed by atoms with Gasteiger partial charge in [0.1, 0.15) is 17.3 Å². The van der Waals surface area contributed by atoms with Crippen LogP contribution in [-0.2, 0) is 11.9 Å². The van der Waals surface area contributed by atoms with Crippen molar-refractivity contribution in [1.29, 1.82) is 0 Å². The molecule has 0 atom stereocenters. The van der Waals surface area contributed by atoms with E-state index in [2.05, 4.69) is 46.4 Å². The molecule has 0 radical (unpaired) electrons. The molecule has 0 bridgehead atoms. The Morgan fingerprint density at radius 2 is 1.85 bits per heavy atom. The normalized spacial score (nSPS) is 21.0. The quantitative estimate of drug-likeness (QED) is 0.259. The van der Waals surface area contributed by atoms with E-state index in [9.17, 15) is 4.79 Å². The first-order valence-corrected chi connectivity index (χ1v) is 12.5. The molecule has 3 aromatic rings. The minimum atomic E-state index is -0.0431. The van der Waals surface area contributed by atoms with Crippen molar-refractivity contribution in [2.24, 2.45) is 24.0 Å². The topological polar surface area (TPSA) is 59.7 Å². The number of benzene rings is 1. The number of rotatable bonds is 7. The predicted molar refractivity (Wildman–Crippen MR) is 138 cm³/mol. The van der Waals surface area contributed by atoms with E-state index in [4.69, 9.17) is 16.4 Å². The molecule has 2 saturated carbocycles. The van der Waals surface area contributed by atoms with Crippen LogP contribution in [0.15, 0.2) is 58.5 Å². The summed E-state index contributed by atoms with van der Waals surface area (Å²) in [4.78, 5) is 25.2. The first-order chi connectivity index (χ1) is 16.5. The standard InChI is InChI=1S/C27H31ClN4O2/c1-31(23-16-25(33)32(2)22-14-15-24(28)29-27(22)23)21-12-10-20(11-13-21)26(19-6-4-3-5-7-19)30-34-17-18-8-9-18/h3-7,14-16,18,20-21H,8-13,17H2,1-2H3/b30-26+. The fourth-order valence-electron chi connectivity index (χ4n) is 4.96. The molecule has 6 nitrogen and oxygen atoms in total. The monoisotopic (exact) mass is 478 g/mol. The van der Waals surface area contributed by atoms with Crippen molar-refractivity contribution in [2.75, 3.05) is 18.6 Å². The van der Waals surface area contributed by atoms with E-state index in [1.54, 1.807) is 23.7 Å². The maximum absolute atomic E-state index is 12.6. The van der Waals surface area contributed by atoms with Gasteiger partial charge in [0.2, 0.25) is 0 Å². The molecule has 2 aliphatic carbocycles. The molecule has 0 unspecified atom stereocenters. The van der Waals surface area contributed by atoms with Crippen LogP contribution >= 0.6 is 11.6 Å². The lowest BCUT2D eigenvalue weighted by Gasteiger charge is -2.36. The Morgan fingerprint density at radius 3 is 2.56 bits per heavy atom. The zero-order chi connectivity index (χ0) is 23.7. The van der Waals surface area contributed by atoms with E-state index in [1.165, 1.54) is 12.8 Å². The lowest BCUT2D eigenvalue weighted by atomic mass is 9.80. The Kier molecular flexibility index (Phi) is 6.59. The summed E-state index contributed by atoms with van der Waals surface area (Å²) >= 11 is 6.21. The third kappa shape index (κ3) is 4.83. The Balaban J connectivity index is 1.34. The average Bonchev–Trinajstić information content (AvgIpc) is 3.69. The maximum atomic E-state index is 12.6. The van der Waals surface area contributed by atoms with Crippen LogP contribution < -0.4 is 10.5 Å². The molecule has 34 heavy (non-hydrogen) atoms. The number of anilines is 1. The number of halogens is 1. The molecular weight excluding hydrogens is 448 g/mol. The van der Waals surface area contributed by atoms with Gasteiger partial charge in [0.25, 0.3) is 5.56 Å². The minimum absolute atomic E-state index is 0.0431. The number of fused-ring (bicyclic) bond motifs is 1. The second-order valence-electron chi connectivity index (χ2n) is 9.63. The maximum Gasteiger partial charge on any atom is 0.252 e. The Bertz CT molecular complexity index is 1240. The lowest BCUT2D eigenvalue weighted by molar-refractivity contribution is 0.131. The summed E-state index contributed by atoms with van der Waals surface area (Å²) in [6.45, 7) is 0.722. The molecule has 2 fully saturated rings. The van der Waals surface area contributed by atoms with Crippen molar-refractivity contribution in [3.05, 3.63) is 69.6 Å². The highest BCUT2D eigenvalue weighted by Crippen LogP contribution is 2.34. The zero-order valence-electron chi connectivity index (χ0n) is 19.8. The summed E-state index contributed by atoms with van der Waals surface area (Å²) in [6.07, 6.45) is 6.56. The van der Waals surface area contributed by atoms with Gasteiger partial charge in [0, 0.05) is 32.1 Å². The third-order valence-electron chi connectivity index (χ3n) is 7.29. The number of hydrogen-bond acceptors (Lipinski definition) is 5. The number of hydrogen-bond donors (Lipinski definition) is 0. The average molecular weight is 479 g/mol. The van der Waals surface area contributed by atoms with Crippen molar-refractivity contribution in [3.63, 3.8) is 0 Å². The van der Waals surface area contributed by atoms with Crippen LogP contribution in [0.25, 0.3) is 11.0 Å². The minimum Gasteiger partial charge on any atom is -0.395 e. The summed E-state index contributed by atoms with van der Waals surface area (Å²) < 4.78 is 1.62. The number of aryl methyl sites for hydroxylation is 1. The van der Waals surface area contributed by atoms with Crippen LogP contribution in [0, 0.1) is 11.8 Å². The van der Waals surface area contributed by atoms with Crippen LogP contribution in [0.4, 0.5) is 5.69 Å². The van der Waals surface area contributed by atoms with Gasteiger partial charge in [-0.15, -0.1) is 0 Å². The summed E-state index contributed by atoms with van der Waals surface area (Å²) in [7, 11) is 3.83. The van der Waals surface area contributed by atoms with Gasteiger partial charge in [-0.2, -0.15) is 0 Å². The zero-order valence-corrected chi connectivity index (χ0v) is 20.5. The van der Waals surface area contributed by atoms with Gasteiger partial charge >= 0.3 is 0 Å². The molecule has 2 heterocycles. The number of aromatic nitrogens is 2. The lowest BCUT2D eigenvalue weighted by Crippen LogP contribution is -2.37. The smallest absolute Gasteiger partial charge is 0.252 e. The summed E-state index contributed by atoms with van der Waals surface area (Å²) in [5.41, 5.74) is 4.56. The van der Waals surface area contributed by atoms with E-state index in [-0.39, 0.29) is 5.56 Å². The van der Waals surface area contributed by atoms with E-state index >= 15 is 0 Å². The van der Waals surface area contributed by atoms with Crippen molar-refractivity contribution < 1.29 is 4.84 Å². The van der Waals surface area contributed by atoms with E-state index in [0.29, 0.717) is 23.0 Å². The fourth-order valence-corrected chi connectivity index (χ4v) is 5.11. The highest BCUT2D eigenvalue weighted by atomic mass is 35.5. The molecule has 0 N–H and O–H groups in total. The van der Waals surface area contributed by atoms with Crippen LogP contribution in [0.3, 0.4) is 0 Å². The molecule has 1 aromatic carbocycles. The Morgan fingerprint density at radius 1 is 1.12 bits per heavy atom. The van der Waals surface area contributed by atoms with Gasteiger partial charge in [0.05, 0.1) is 16.9 Å². The van der Waals surface area contributed by atoms with Crippen molar-refractivity contribution in [3.8, 4) is 0 Å². The van der Waals surface area contributed by atoms with Gasteiger partial charge in [-0.05, 0) is 62.1 Å². The van der Waals surface area contributed by atoms with Gasteiger partial charge in [-0.25, -0.2) is 4.98 Å². The van der Waals surface area contributed by atoms with E-state index in [0.717, 1.165) is 60.3 Å². The second-order valence-corrected chi connectivity index (χ2v) is 10.0. The number of nitrogens with zero attached hydrogens (tertiary/aromatic N) is 4. The molecule has 2 aliphatic rings. The summed E-state index contributed by atoms with van der Waals surface area (Å²) in [5.74, 6) is 1.04. The van der Waals surface area contributed by atoms with Crippen molar-refractivity contribution in [1.82, 2.24) is 9.55 Å². The van der Waals surface area contributed by atoms with Gasteiger partial charge in [-0.1, -0.05) is 47.1 Å². The van der Waals surface area contributed by atoms with Crippen LogP contribution in [0.2, 0.25) is 5.15 Å². The van der Waals surface area contributed by atoms with Crippen molar-refractivity contribution >= 4 is 34.0 Å². The van der Waals surface area contributed by atoms with Gasteiger partial charge in [-0.3, -0.25) is 4.79 Å². The molecule has 0 spiro atoms. The van der Waals surface area contributed by atoms with Crippen LogP contribution in [0.1, 0.15) is 44.1 Å². The molecule has 0 saturated heterocycles. The molecule has 0 amide bonds. The molecule has 7 heteroatoms. The Labute approximate surface area is 205 Å². The SMILES string of the molecule is CN(c1cc(=O)n(C)c2ccc(Cl)nc12)C1CCC(/C(=N/OCC2CC2)c2ccccc2)CC1.